The number of anilines is 1. The molecule has 1 amide bonds. The molecule has 1 saturated carbocycles. The molecule has 2 rings (SSSR count). The smallest absolute Gasteiger partial charge is 0.233 e. The van der Waals surface area contributed by atoms with Gasteiger partial charge in [0.2, 0.25) is 5.91 Å². The van der Waals surface area contributed by atoms with E-state index in [1.165, 1.54) is 0 Å². The third-order valence-electron chi connectivity index (χ3n) is 3.95. The second kappa shape index (κ2) is 4.72. The van der Waals surface area contributed by atoms with E-state index in [-0.39, 0.29) is 18.0 Å². The first-order chi connectivity index (χ1) is 8.45. The summed E-state index contributed by atoms with van der Waals surface area (Å²) in [6.07, 6.45) is 4.50. The number of aromatic nitrogens is 2. The first kappa shape index (κ1) is 13.1. The summed E-state index contributed by atoms with van der Waals surface area (Å²) in [6, 6.07) is 2.00. The van der Waals surface area contributed by atoms with Gasteiger partial charge in [0.1, 0.15) is 5.82 Å². The van der Waals surface area contributed by atoms with Gasteiger partial charge in [0, 0.05) is 18.2 Å². The lowest BCUT2D eigenvalue weighted by atomic mass is 9.84. The highest BCUT2D eigenvalue weighted by molar-refractivity contribution is 5.95. The van der Waals surface area contributed by atoms with Crippen LogP contribution >= 0.6 is 0 Å². The van der Waals surface area contributed by atoms with Gasteiger partial charge in [0.05, 0.1) is 11.6 Å². The van der Waals surface area contributed by atoms with Crippen LogP contribution in [-0.4, -0.2) is 21.7 Å². The zero-order valence-electron chi connectivity index (χ0n) is 11.3. The van der Waals surface area contributed by atoms with Crippen molar-refractivity contribution in [1.82, 2.24) is 9.78 Å². The monoisotopic (exact) mass is 250 g/mol. The van der Waals surface area contributed by atoms with Gasteiger partial charge in [0.15, 0.2) is 0 Å². The Hall–Kier alpha value is -1.36. The van der Waals surface area contributed by atoms with Crippen molar-refractivity contribution in [2.24, 2.45) is 11.1 Å². The van der Waals surface area contributed by atoms with Crippen LogP contribution in [0.2, 0.25) is 0 Å². The summed E-state index contributed by atoms with van der Waals surface area (Å²) in [5.74, 6) is 0.755. The Balaban J connectivity index is 2.14. The summed E-state index contributed by atoms with van der Waals surface area (Å²) >= 11 is 0. The Bertz CT molecular complexity index is 440. The number of hydrogen-bond acceptors (Lipinski definition) is 3. The van der Waals surface area contributed by atoms with Crippen molar-refractivity contribution in [1.29, 1.82) is 0 Å². The number of nitrogens with one attached hydrogen (secondary N) is 1. The van der Waals surface area contributed by atoms with Crippen LogP contribution in [0.4, 0.5) is 5.82 Å². The van der Waals surface area contributed by atoms with E-state index in [9.17, 15) is 4.79 Å². The van der Waals surface area contributed by atoms with Gasteiger partial charge >= 0.3 is 0 Å². The van der Waals surface area contributed by atoms with Crippen LogP contribution in [0.1, 0.15) is 46.1 Å². The SMILES string of the molecule is CC(C)n1nccc1NC(=O)C1(C)CCCC1N. The lowest BCUT2D eigenvalue weighted by Gasteiger charge is -2.27. The van der Waals surface area contributed by atoms with Crippen LogP contribution < -0.4 is 11.1 Å². The van der Waals surface area contributed by atoms with Gasteiger partial charge in [0.25, 0.3) is 0 Å². The largest absolute Gasteiger partial charge is 0.327 e. The Labute approximate surface area is 108 Å². The van der Waals surface area contributed by atoms with E-state index < -0.39 is 5.41 Å². The Morgan fingerprint density at radius 3 is 2.94 bits per heavy atom. The Morgan fingerprint density at radius 2 is 2.39 bits per heavy atom. The fourth-order valence-corrected chi connectivity index (χ4v) is 2.56. The minimum absolute atomic E-state index is 0.00917. The molecule has 1 aliphatic rings. The average molecular weight is 250 g/mol. The molecular formula is C13H22N4O. The molecule has 1 aromatic rings. The summed E-state index contributed by atoms with van der Waals surface area (Å²) in [5, 5.41) is 7.17. The molecular weight excluding hydrogens is 228 g/mol. The highest BCUT2D eigenvalue weighted by Crippen LogP contribution is 2.37. The van der Waals surface area contributed by atoms with Crippen molar-refractivity contribution in [3.63, 3.8) is 0 Å². The third kappa shape index (κ3) is 2.14. The topological polar surface area (TPSA) is 72.9 Å². The van der Waals surface area contributed by atoms with Gasteiger partial charge in [-0.05, 0) is 33.6 Å². The van der Waals surface area contributed by atoms with Gasteiger partial charge in [-0.3, -0.25) is 4.79 Å². The average Bonchev–Trinajstić information content (AvgIpc) is 2.88. The lowest BCUT2D eigenvalue weighted by Crippen LogP contribution is -2.44. The van der Waals surface area contributed by atoms with Gasteiger partial charge in [-0.2, -0.15) is 5.10 Å². The highest BCUT2D eigenvalue weighted by Gasteiger charge is 2.43. The van der Waals surface area contributed by atoms with Crippen molar-refractivity contribution in [2.45, 2.75) is 52.1 Å². The molecule has 1 aromatic heterocycles. The van der Waals surface area contributed by atoms with Crippen LogP contribution in [0.3, 0.4) is 0 Å². The summed E-state index contributed by atoms with van der Waals surface area (Å²) < 4.78 is 1.81. The molecule has 5 nitrogen and oxygen atoms in total. The third-order valence-corrected chi connectivity index (χ3v) is 3.95. The first-order valence-corrected chi connectivity index (χ1v) is 6.55. The molecule has 2 unspecified atom stereocenters. The molecule has 3 N–H and O–H groups in total. The number of carbonyl (C=O) groups is 1. The number of carbonyl (C=O) groups excluding carboxylic acids is 1. The highest BCUT2D eigenvalue weighted by atomic mass is 16.2. The molecule has 0 saturated heterocycles. The number of rotatable bonds is 3. The second-order valence-electron chi connectivity index (χ2n) is 5.63. The van der Waals surface area contributed by atoms with Crippen LogP contribution in [0.5, 0.6) is 0 Å². The molecule has 1 heterocycles. The maximum absolute atomic E-state index is 12.4. The molecule has 0 bridgehead atoms. The maximum Gasteiger partial charge on any atom is 0.233 e. The summed E-state index contributed by atoms with van der Waals surface area (Å²) in [6.45, 7) is 6.02. The van der Waals surface area contributed by atoms with Gasteiger partial charge in [-0.15, -0.1) is 0 Å². The second-order valence-corrected chi connectivity index (χ2v) is 5.63. The van der Waals surface area contributed by atoms with Gasteiger partial charge < -0.3 is 11.1 Å². The van der Waals surface area contributed by atoms with Gasteiger partial charge in [-0.25, -0.2) is 4.68 Å². The van der Waals surface area contributed by atoms with E-state index in [2.05, 4.69) is 10.4 Å². The molecule has 0 aliphatic heterocycles. The molecule has 0 radical (unpaired) electrons. The molecule has 0 spiro atoms. The number of nitrogens with zero attached hydrogens (tertiary/aromatic N) is 2. The van der Waals surface area contributed by atoms with Gasteiger partial charge in [-0.1, -0.05) is 6.42 Å². The fraction of sp³-hybridized carbons (Fsp3) is 0.692. The van der Waals surface area contributed by atoms with E-state index >= 15 is 0 Å². The molecule has 5 heteroatoms. The van der Waals surface area contributed by atoms with Crippen molar-refractivity contribution < 1.29 is 4.79 Å². The molecule has 1 aliphatic carbocycles. The Kier molecular flexibility index (Phi) is 3.43. The molecule has 1 fully saturated rings. The predicted octanol–water partition coefficient (Wildman–Crippen LogP) is 1.92. The summed E-state index contributed by atoms with van der Waals surface area (Å²) in [5.41, 5.74) is 5.61. The van der Waals surface area contributed by atoms with Crippen LogP contribution in [0, 0.1) is 5.41 Å². The molecule has 2 atom stereocenters. The number of amides is 1. The lowest BCUT2D eigenvalue weighted by molar-refractivity contribution is -0.125. The van der Waals surface area contributed by atoms with E-state index in [1.807, 2.05) is 31.5 Å². The molecule has 100 valence electrons. The van der Waals surface area contributed by atoms with Crippen molar-refractivity contribution >= 4 is 11.7 Å². The standard InChI is InChI=1S/C13H22N4O/c1-9(2)17-11(6-8-15-17)16-12(18)13(3)7-4-5-10(13)14/h6,8-10H,4-5,7,14H2,1-3H3,(H,16,18). The minimum atomic E-state index is -0.452. The zero-order valence-corrected chi connectivity index (χ0v) is 11.3. The van der Waals surface area contributed by atoms with E-state index in [4.69, 9.17) is 5.73 Å². The van der Waals surface area contributed by atoms with E-state index in [1.54, 1.807) is 6.20 Å². The number of hydrogen-bond donors (Lipinski definition) is 2. The van der Waals surface area contributed by atoms with Crippen molar-refractivity contribution in [3.8, 4) is 0 Å². The minimum Gasteiger partial charge on any atom is -0.327 e. The zero-order chi connectivity index (χ0) is 13.3. The quantitative estimate of drug-likeness (QED) is 0.860. The molecule has 18 heavy (non-hydrogen) atoms. The summed E-state index contributed by atoms with van der Waals surface area (Å²) in [7, 11) is 0. The van der Waals surface area contributed by atoms with E-state index in [0.29, 0.717) is 0 Å². The Morgan fingerprint density at radius 1 is 1.67 bits per heavy atom. The summed E-state index contributed by atoms with van der Waals surface area (Å²) in [4.78, 5) is 12.4. The number of nitrogens with two attached hydrogens (primary N) is 1. The van der Waals surface area contributed by atoms with Crippen molar-refractivity contribution in [2.75, 3.05) is 5.32 Å². The predicted molar refractivity (Wildman–Crippen MR) is 71.2 cm³/mol. The normalized spacial score (nSPS) is 27.7. The van der Waals surface area contributed by atoms with Crippen LogP contribution in [0.15, 0.2) is 12.3 Å². The maximum atomic E-state index is 12.4. The van der Waals surface area contributed by atoms with Crippen LogP contribution in [0.25, 0.3) is 0 Å². The van der Waals surface area contributed by atoms with E-state index in [0.717, 1.165) is 25.1 Å². The van der Waals surface area contributed by atoms with Crippen LogP contribution in [-0.2, 0) is 4.79 Å². The fourth-order valence-electron chi connectivity index (χ4n) is 2.56. The first-order valence-electron chi connectivity index (χ1n) is 6.55. The molecule has 0 aromatic carbocycles. The van der Waals surface area contributed by atoms with Crippen molar-refractivity contribution in [3.05, 3.63) is 12.3 Å².